The number of nitrogens with zero attached hydrogens (tertiary/aromatic N) is 2. The molecule has 29 heavy (non-hydrogen) atoms. The zero-order chi connectivity index (χ0) is 21.4. The van der Waals surface area contributed by atoms with Gasteiger partial charge in [0.15, 0.2) is 10.1 Å². The van der Waals surface area contributed by atoms with Gasteiger partial charge in [0.25, 0.3) is 0 Å². The first-order chi connectivity index (χ1) is 13.6. The Hall–Kier alpha value is -2.26. The van der Waals surface area contributed by atoms with Crippen LogP contribution in [0.3, 0.4) is 0 Å². The largest absolute Gasteiger partial charge is 0.349 e. The molecule has 9 heteroatoms. The molecule has 2 N–H and O–H groups in total. The topological polar surface area (TPSA) is 101 Å². The van der Waals surface area contributed by atoms with E-state index in [9.17, 15) is 14.4 Å². The number of anilines is 1. The van der Waals surface area contributed by atoms with E-state index in [1.54, 1.807) is 32.5 Å². The van der Waals surface area contributed by atoms with Crippen LogP contribution in [0.4, 0.5) is 5.13 Å². The number of carbonyl (C=O) groups is 3. The Morgan fingerprint density at radius 3 is 2.45 bits per heavy atom. The third kappa shape index (κ3) is 7.94. The number of hydrogen-bond donors (Lipinski definition) is 2. The summed E-state index contributed by atoms with van der Waals surface area (Å²) < 4.78 is 0.766. The van der Waals surface area contributed by atoms with Crippen molar-refractivity contribution in [2.24, 2.45) is 5.41 Å². The van der Waals surface area contributed by atoms with Crippen molar-refractivity contribution in [2.75, 3.05) is 11.9 Å². The summed E-state index contributed by atoms with van der Waals surface area (Å²) in [6.45, 7) is 7.43. The van der Waals surface area contributed by atoms with Crippen LogP contribution < -0.4 is 10.6 Å². The zero-order valence-corrected chi connectivity index (χ0v) is 18.7. The van der Waals surface area contributed by atoms with Crippen molar-refractivity contribution in [1.29, 1.82) is 0 Å². The average Bonchev–Trinajstić information content (AvgIpc) is 3.10. The van der Waals surface area contributed by atoms with E-state index in [0.29, 0.717) is 5.13 Å². The Kier molecular flexibility index (Phi) is 8.33. The SMILES string of the molecule is Cc1ccccc1CSc1nnc(NC(=O)CCC(=O)NCC(=O)C(C)(C)C)s1. The molecular weight excluding hydrogens is 408 g/mol. The summed E-state index contributed by atoms with van der Waals surface area (Å²) in [7, 11) is 0. The summed E-state index contributed by atoms with van der Waals surface area (Å²) in [5, 5.41) is 13.7. The lowest BCUT2D eigenvalue weighted by atomic mass is 9.91. The summed E-state index contributed by atoms with van der Waals surface area (Å²) in [5.41, 5.74) is 1.95. The molecule has 2 rings (SSSR count). The highest BCUT2D eigenvalue weighted by Gasteiger charge is 2.21. The highest BCUT2D eigenvalue weighted by atomic mass is 32.2. The van der Waals surface area contributed by atoms with Gasteiger partial charge in [0.05, 0.1) is 6.54 Å². The van der Waals surface area contributed by atoms with E-state index in [4.69, 9.17) is 0 Å². The van der Waals surface area contributed by atoms with E-state index in [2.05, 4.69) is 39.9 Å². The van der Waals surface area contributed by atoms with Gasteiger partial charge in [0.1, 0.15) is 0 Å². The third-order valence-corrected chi connectivity index (χ3v) is 6.15. The maximum Gasteiger partial charge on any atom is 0.226 e. The van der Waals surface area contributed by atoms with E-state index in [1.165, 1.54) is 22.5 Å². The molecule has 0 unspecified atom stereocenters. The molecule has 0 bridgehead atoms. The molecule has 0 aliphatic carbocycles. The first-order valence-electron chi connectivity index (χ1n) is 9.26. The van der Waals surface area contributed by atoms with Crippen molar-refractivity contribution in [3.8, 4) is 0 Å². The molecule has 7 nitrogen and oxygen atoms in total. The molecule has 0 radical (unpaired) electrons. The molecule has 0 spiro atoms. The number of Topliss-reactive ketones (excluding diaryl/α,β-unsaturated/α-hetero) is 1. The Labute approximate surface area is 179 Å². The fourth-order valence-corrected chi connectivity index (χ4v) is 4.02. The summed E-state index contributed by atoms with van der Waals surface area (Å²) in [4.78, 5) is 35.6. The molecule has 156 valence electrons. The molecule has 2 amide bonds. The number of rotatable bonds is 9. The number of nitrogens with one attached hydrogen (secondary N) is 2. The van der Waals surface area contributed by atoms with Crippen LogP contribution in [0, 0.1) is 12.3 Å². The maximum absolute atomic E-state index is 12.0. The molecule has 0 atom stereocenters. The van der Waals surface area contributed by atoms with E-state index >= 15 is 0 Å². The van der Waals surface area contributed by atoms with Crippen LogP contribution in [0.2, 0.25) is 0 Å². The van der Waals surface area contributed by atoms with Gasteiger partial charge in [0, 0.05) is 24.0 Å². The Morgan fingerprint density at radius 2 is 1.76 bits per heavy atom. The molecular formula is C20H26N4O3S2. The second-order valence-electron chi connectivity index (χ2n) is 7.59. The van der Waals surface area contributed by atoms with Crippen molar-refractivity contribution < 1.29 is 14.4 Å². The van der Waals surface area contributed by atoms with E-state index in [-0.39, 0.29) is 37.0 Å². The van der Waals surface area contributed by atoms with Crippen LogP contribution in [0.25, 0.3) is 0 Å². The van der Waals surface area contributed by atoms with Crippen molar-refractivity contribution in [3.63, 3.8) is 0 Å². The van der Waals surface area contributed by atoms with Crippen molar-refractivity contribution in [1.82, 2.24) is 15.5 Å². The summed E-state index contributed by atoms with van der Waals surface area (Å²) in [6.07, 6.45) is 0.0256. The van der Waals surface area contributed by atoms with Crippen LogP contribution in [0.15, 0.2) is 28.6 Å². The van der Waals surface area contributed by atoms with Gasteiger partial charge < -0.3 is 10.6 Å². The lowest BCUT2D eigenvalue weighted by molar-refractivity contribution is -0.129. The standard InChI is InChI=1S/C20H26N4O3S2/c1-13-7-5-6-8-14(13)12-28-19-24-23-18(29-19)22-17(27)10-9-16(26)21-11-15(25)20(2,3)4/h5-8H,9-12H2,1-4H3,(H,21,26)(H,22,23,27). The highest BCUT2D eigenvalue weighted by molar-refractivity contribution is 8.00. The molecule has 1 aromatic carbocycles. The number of benzene rings is 1. The Bertz CT molecular complexity index is 875. The number of aromatic nitrogens is 2. The lowest BCUT2D eigenvalue weighted by Gasteiger charge is -2.16. The van der Waals surface area contributed by atoms with E-state index in [1.807, 2.05) is 12.1 Å². The van der Waals surface area contributed by atoms with E-state index < -0.39 is 5.41 Å². The van der Waals surface area contributed by atoms with E-state index in [0.717, 1.165) is 10.1 Å². The third-order valence-electron chi connectivity index (χ3n) is 4.13. The number of ketones is 1. The molecule has 0 aliphatic heterocycles. The predicted octanol–water partition coefficient (Wildman–Crippen LogP) is 3.59. The number of carbonyl (C=O) groups excluding carboxylic acids is 3. The summed E-state index contributed by atoms with van der Waals surface area (Å²) >= 11 is 2.86. The second kappa shape index (κ2) is 10.5. The molecule has 0 fully saturated rings. The van der Waals surface area contributed by atoms with Gasteiger partial charge in [-0.15, -0.1) is 10.2 Å². The number of amides is 2. The number of aryl methyl sites for hydroxylation is 1. The quantitative estimate of drug-likeness (QED) is 0.462. The molecule has 0 saturated carbocycles. The highest BCUT2D eigenvalue weighted by Crippen LogP contribution is 2.29. The van der Waals surface area contributed by atoms with Gasteiger partial charge in [-0.25, -0.2) is 0 Å². The molecule has 1 heterocycles. The first-order valence-corrected chi connectivity index (χ1v) is 11.1. The number of thioether (sulfide) groups is 1. The van der Waals surface area contributed by atoms with Gasteiger partial charge in [0.2, 0.25) is 16.9 Å². The summed E-state index contributed by atoms with van der Waals surface area (Å²) in [6, 6.07) is 8.15. The van der Waals surface area contributed by atoms with Crippen LogP contribution in [-0.4, -0.2) is 34.3 Å². The zero-order valence-electron chi connectivity index (χ0n) is 17.1. The first kappa shape index (κ1) is 23.0. The average molecular weight is 435 g/mol. The maximum atomic E-state index is 12.0. The van der Waals surface area contributed by atoms with Crippen LogP contribution in [0.1, 0.15) is 44.7 Å². The summed E-state index contributed by atoms with van der Waals surface area (Å²) in [5.74, 6) is 0.0844. The van der Waals surface area contributed by atoms with Gasteiger partial charge in [-0.1, -0.05) is 68.1 Å². The predicted molar refractivity (Wildman–Crippen MR) is 116 cm³/mol. The van der Waals surface area contributed by atoms with Crippen molar-refractivity contribution in [2.45, 2.75) is 50.6 Å². The molecule has 0 saturated heterocycles. The fraction of sp³-hybridized carbons (Fsp3) is 0.450. The van der Waals surface area contributed by atoms with Crippen molar-refractivity contribution >= 4 is 45.8 Å². The van der Waals surface area contributed by atoms with Crippen LogP contribution in [0.5, 0.6) is 0 Å². The monoisotopic (exact) mass is 434 g/mol. The smallest absolute Gasteiger partial charge is 0.226 e. The lowest BCUT2D eigenvalue weighted by Crippen LogP contribution is -2.35. The normalized spacial score (nSPS) is 11.2. The van der Waals surface area contributed by atoms with Gasteiger partial charge >= 0.3 is 0 Å². The van der Waals surface area contributed by atoms with Gasteiger partial charge in [-0.3, -0.25) is 14.4 Å². The number of hydrogen-bond acceptors (Lipinski definition) is 7. The minimum atomic E-state index is -0.503. The minimum Gasteiger partial charge on any atom is -0.349 e. The Morgan fingerprint density at radius 1 is 1.07 bits per heavy atom. The van der Waals surface area contributed by atoms with Gasteiger partial charge in [-0.2, -0.15) is 0 Å². The Balaban J connectivity index is 1.72. The molecule has 0 aliphatic rings. The minimum absolute atomic E-state index is 0.0109. The van der Waals surface area contributed by atoms with Crippen LogP contribution in [-0.2, 0) is 20.1 Å². The molecule has 1 aromatic heterocycles. The van der Waals surface area contributed by atoms with Gasteiger partial charge in [-0.05, 0) is 18.1 Å². The van der Waals surface area contributed by atoms with Crippen LogP contribution >= 0.6 is 23.1 Å². The van der Waals surface area contributed by atoms with Crippen molar-refractivity contribution in [3.05, 3.63) is 35.4 Å². The molecule has 2 aromatic rings. The fourth-order valence-electron chi connectivity index (χ4n) is 2.17. The second-order valence-corrected chi connectivity index (χ2v) is 9.79.